The van der Waals surface area contributed by atoms with E-state index in [2.05, 4.69) is 12.2 Å². The molecule has 6 heteroatoms. The zero-order chi connectivity index (χ0) is 12.3. The van der Waals surface area contributed by atoms with Crippen molar-refractivity contribution in [3.8, 4) is 0 Å². The minimum atomic E-state index is 0. The van der Waals surface area contributed by atoms with E-state index in [-0.39, 0.29) is 30.5 Å². The lowest BCUT2D eigenvalue weighted by atomic mass is 10.1. The number of hydrogen-bond acceptors (Lipinski definition) is 4. The number of hydrogen-bond donors (Lipinski definition) is 1. The normalized spacial score (nSPS) is 32.8. The first-order valence-corrected chi connectivity index (χ1v) is 7.54. The predicted octanol–water partition coefficient (Wildman–Crippen LogP) is 1.14. The lowest BCUT2D eigenvalue weighted by Gasteiger charge is -2.37. The Morgan fingerprint density at radius 1 is 1.50 bits per heavy atom. The third-order valence-electron chi connectivity index (χ3n) is 3.35. The van der Waals surface area contributed by atoms with Gasteiger partial charge in [0.25, 0.3) is 0 Å². The molecule has 2 aliphatic rings. The second kappa shape index (κ2) is 7.58. The third kappa shape index (κ3) is 4.30. The van der Waals surface area contributed by atoms with Crippen LogP contribution in [0, 0.1) is 0 Å². The molecule has 3 atom stereocenters. The van der Waals surface area contributed by atoms with Crippen LogP contribution >= 0.6 is 24.2 Å². The molecule has 3 unspecified atom stereocenters. The fraction of sp³-hybridized carbons (Fsp3) is 0.917. The number of nitrogens with one attached hydrogen (secondary N) is 1. The van der Waals surface area contributed by atoms with Gasteiger partial charge in [-0.25, -0.2) is 0 Å². The summed E-state index contributed by atoms with van der Waals surface area (Å²) in [7, 11) is 0. The summed E-state index contributed by atoms with van der Waals surface area (Å²) in [4.78, 5) is 14.2. The summed E-state index contributed by atoms with van der Waals surface area (Å²) < 4.78 is 5.55. The highest BCUT2D eigenvalue weighted by atomic mass is 35.5. The van der Waals surface area contributed by atoms with E-state index in [1.165, 1.54) is 0 Å². The minimum absolute atomic E-state index is 0. The number of thioether (sulfide) groups is 1. The molecule has 0 saturated carbocycles. The van der Waals surface area contributed by atoms with Crippen LogP contribution in [-0.2, 0) is 9.53 Å². The average molecular weight is 295 g/mol. The molecule has 0 aliphatic carbocycles. The van der Waals surface area contributed by atoms with Crippen molar-refractivity contribution in [2.45, 2.75) is 38.5 Å². The molecule has 2 fully saturated rings. The molecule has 0 bridgehead atoms. The number of morpholine rings is 1. The molecule has 2 heterocycles. The molecule has 106 valence electrons. The number of ether oxygens (including phenoxy) is 1. The fourth-order valence-electron chi connectivity index (χ4n) is 2.33. The van der Waals surface area contributed by atoms with Crippen molar-refractivity contribution < 1.29 is 9.53 Å². The van der Waals surface area contributed by atoms with Crippen molar-refractivity contribution in [3.05, 3.63) is 0 Å². The summed E-state index contributed by atoms with van der Waals surface area (Å²) in [6.07, 6.45) is 0.799. The van der Waals surface area contributed by atoms with Crippen LogP contribution in [0.2, 0.25) is 0 Å². The third-order valence-corrected chi connectivity index (χ3v) is 4.48. The van der Waals surface area contributed by atoms with Crippen LogP contribution < -0.4 is 5.32 Å². The Morgan fingerprint density at radius 2 is 2.28 bits per heavy atom. The van der Waals surface area contributed by atoms with Crippen LogP contribution in [0.4, 0.5) is 0 Å². The topological polar surface area (TPSA) is 41.6 Å². The zero-order valence-electron chi connectivity index (χ0n) is 11.1. The van der Waals surface area contributed by atoms with Gasteiger partial charge in [-0.3, -0.25) is 4.79 Å². The maximum atomic E-state index is 12.2. The van der Waals surface area contributed by atoms with Gasteiger partial charge >= 0.3 is 0 Å². The summed E-state index contributed by atoms with van der Waals surface area (Å²) in [5, 5.41) is 3.42. The maximum absolute atomic E-state index is 12.2. The summed E-state index contributed by atoms with van der Waals surface area (Å²) in [6.45, 7) is 6.52. The van der Waals surface area contributed by atoms with Crippen molar-refractivity contribution in [2.75, 3.05) is 31.2 Å². The molecule has 0 aromatic carbocycles. The molecule has 1 amide bonds. The van der Waals surface area contributed by atoms with Gasteiger partial charge in [0.15, 0.2) is 0 Å². The van der Waals surface area contributed by atoms with Crippen molar-refractivity contribution in [3.63, 3.8) is 0 Å². The summed E-state index contributed by atoms with van der Waals surface area (Å²) in [5.41, 5.74) is 0. The van der Waals surface area contributed by atoms with E-state index in [4.69, 9.17) is 4.74 Å². The van der Waals surface area contributed by atoms with Crippen LogP contribution in [0.1, 0.15) is 20.3 Å². The smallest absolute Gasteiger partial charge is 0.224 e. The summed E-state index contributed by atoms with van der Waals surface area (Å²) in [5.74, 6) is 2.49. The number of amides is 1. The van der Waals surface area contributed by atoms with E-state index in [0.717, 1.165) is 24.6 Å². The Morgan fingerprint density at radius 3 is 2.94 bits per heavy atom. The second-order valence-electron chi connectivity index (χ2n) is 4.97. The van der Waals surface area contributed by atoms with Gasteiger partial charge in [0, 0.05) is 37.1 Å². The number of halogens is 1. The van der Waals surface area contributed by atoms with Crippen LogP contribution in [-0.4, -0.2) is 60.2 Å². The number of nitrogens with zero attached hydrogens (tertiary/aromatic N) is 1. The van der Waals surface area contributed by atoms with Crippen LogP contribution in [0.3, 0.4) is 0 Å². The summed E-state index contributed by atoms with van der Waals surface area (Å²) in [6, 6.07) is 0.571. The van der Waals surface area contributed by atoms with Gasteiger partial charge in [-0.2, -0.15) is 11.8 Å². The molecule has 2 rings (SSSR count). The SMILES string of the molecule is CC1CN(C(=O)CC2CSCCN2)C(C)CO1.Cl. The Bertz CT molecular complexity index is 275. The van der Waals surface area contributed by atoms with Crippen molar-refractivity contribution in [1.82, 2.24) is 10.2 Å². The quantitative estimate of drug-likeness (QED) is 0.829. The van der Waals surface area contributed by atoms with Crippen molar-refractivity contribution in [1.29, 1.82) is 0 Å². The fourth-order valence-corrected chi connectivity index (χ4v) is 3.28. The van der Waals surface area contributed by atoms with Gasteiger partial charge in [0.1, 0.15) is 0 Å². The monoisotopic (exact) mass is 294 g/mol. The first kappa shape index (κ1) is 16.1. The molecule has 0 aromatic rings. The van der Waals surface area contributed by atoms with E-state index in [9.17, 15) is 4.79 Å². The Labute approximate surface area is 120 Å². The van der Waals surface area contributed by atoms with Gasteiger partial charge in [-0.1, -0.05) is 0 Å². The van der Waals surface area contributed by atoms with E-state index in [0.29, 0.717) is 19.1 Å². The highest BCUT2D eigenvalue weighted by molar-refractivity contribution is 7.99. The first-order valence-electron chi connectivity index (χ1n) is 6.39. The Balaban J connectivity index is 0.00000162. The van der Waals surface area contributed by atoms with Crippen LogP contribution in [0.25, 0.3) is 0 Å². The minimum Gasteiger partial charge on any atom is -0.375 e. The van der Waals surface area contributed by atoms with Gasteiger partial charge in [0.05, 0.1) is 18.8 Å². The predicted molar refractivity (Wildman–Crippen MR) is 77.6 cm³/mol. The summed E-state index contributed by atoms with van der Waals surface area (Å²) >= 11 is 1.94. The van der Waals surface area contributed by atoms with Gasteiger partial charge in [-0.05, 0) is 13.8 Å². The van der Waals surface area contributed by atoms with Crippen molar-refractivity contribution >= 4 is 30.1 Å². The van der Waals surface area contributed by atoms with E-state index < -0.39 is 0 Å². The molecule has 2 aliphatic heterocycles. The largest absolute Gasteiger partial charge is 0.375 e. The molecule has 1 N–H and O–H groups in total. The number of rotatable bonds is 2. The number of carbonyl (C=O) groups is 1. The molecule has 0 radical (unpaired) electrons. The highest BCUT2D eigenvalue weighted by Crippen LogP contribution is 2.16. The average Bonchev–Trinajstić information content (AvgIpc) is 2.33. The van der Waals surface area contributed by atoms with Gasteiger partial charge < -0.3 is 15.0 Å². The molecular formula is C12H23ClN2O2S. The first-order chi connectivity index (χ1) is 8.16. The van der Waals surface area contributed by atoms with Crippen LogP contribution in [0.5, 0.6) is 0 Å². The number of carbonyl (C=O) groups excluding carboxylic acids is 1. The molecule has 2 saturated heterocycles. The highest BCUT2D eigenvalue weighted by Gasteiger charge is 2.29. The van der Waals surface area contributed by atoms with Gasteiger partial charge in [-0.15, -0.1) is 12.4 Å². The Hall–Kier alpha value is 0.0300. The van der Waals surface area contributed by atoms with E-state index >= 15 is 0 Å². The van der Waals surface area contributed by atoms with Gasteiger partial charge in [0.2, 0.25) is 5.91 Å². The molecular weight excluding hydrogens is 272 g/mol. The molecule has 0 aromatic heterocycles. The second-order valence-corrected chi connectivity index (χ2v) is 6.12. The molecule has 18 heavy (non-hydrogen) atoms. The van der Waals surface area contributed by atoms with Crippen molar-refractivity contribution in [2.24, 2.45) is 0 Å². The van der Waals surface area contributed by atoms with Crippen LogP contribution in [0.15, 0.2) is 0 Å². The standard InChI is InChI=1S/C12H22N2O2S.ClH/c1-9-7-16-10(2)6-14(9)12(15)5-11-8-17-4-3-13-11;/h9-11,13H,3-8H2,1-2H3;1H. The maximum Gasteiger partial charge on any atom is 0.224 e. The lowest BCUT2D eigenvalue weighted by molar-refractivity contribution is -0.143. The van der Waals surface area contributed by atoms with E-state index in [1.54, 1.807) is 0 Å². The van der Waals surface area contributed by atoms with E-state index in [1.807, 2.05) is 23.6 Å². The molecule has 0 spiro atoms. The Kier molecular flexibility index (Phi) is 6.77. The lowest BCUT2D eigenvalue weighted by Crippen LogP contribution is -2.52. The zero-order valence-corrected chi connectivity index (χ0v) is 12.7. The molecule has 4 nitrogen and oxygen atoms in total.